The molecular weight excluding hydrogens is 200 g/mol. The summed E-state index contributed by atoms with van der Waals surface area (Å²) in [6.45, 7) is -0.359. The van der Waals surface area contributed by atoms with Gasteiger partial charge in [-0.2, -0.15) is 0 Å². The van der Waals surface area contributed by atoms with E-state index in [1.165, 1.54) is 33.7 Å². The van der Waals surface area contributed by atoms with Gasteiger partial charge in [0.1, 0.15) is 12.3 Å². The molecule has 0 aliphatic carbocycles. The van der Waals surface area contributed by atoms with Crippen LogP contribution in [0.15, 0.2) is 12.4 Å². The number of hydrogen-bond acceptors (Lipinski definition) is 6. The summed E-state index contributed by atoms with van der Waals surface area (Å²) >= 11 is 0. The molecule has 0 aliphatic heterocycles. The maximum Gasteiger partial charge on any atom is 0.237 e. The lowest BCUT2D eigenvalue weighted by atomic mass is 10.2. The molecule has 0 saturated carbocycles. The number of methoxy groups -OCH3 is 3. The van der Waals surface area contributed by atoms with Crippen molar-refractivity contribution in [1.82, 2.24) is 9.97 Å². The molecule has 0 radical (unpaired) electrons. The standard InChI is InChI=1S/C9H14N2O4/c1-13-8-5-10-4-7(11-8)9(6-12,14-2)15-3/h4-5,12H,6H2,1-3H3. The predicted molar refractivity (Wildman–Crippen MR) is 51.4 cm³/mol. The highest BCUT2D eigenvalue weighted by atomic mass is 16.7. The van der Waals surface area contributed by atoms with E-state index < -0.39 is 5.79 Å². The Morgan fingerprint density at radius 2 is 1.93 bits per heavy atom. The van der Waals surface area contributed by atoms with E-state index in [0.29, 0.717) is 11.6 Å². The minimum Gasteiger partial charge on any atom is -0.480 e. The van der Waals surface area contributed by atoms with Crippen LogP contribution in [-0.2, 0) is 15.3 Å². The molecule has 1 heterocycles. The van der Waals surface area contributed by atoms with Gasteiger partial charge in [-0.25, -0.2) is 4.98 Å². The molecule has 6 nitrogen and oxygen atoms in total. The molecule has 0 unspecified atom stereocenters. The van der Waals surface area contributed by atoms with Gasteiger partial charge in [0.05, 0.1) is 19.5 Å². The highest BCUT2D eigenvalue weighted by Crippen LogP contribution is 2.24. The summed E-state index contributed by atoms with van der Waals surface area (Å²) in [4.78, 5) is 7.99. The van der Waals surface area contributed by atoms with Crippen LogP contribution in [0.2, 0.25) is 0 Å². The lowest BCUT2D eigenvalue weighted by Crippen LogP contribution is -2.36. The van der Waals surface area contributed by atoms with Crippen molar-refractivity contribution >= 4 is 0 Å². The Morgan fingerprint density at radius 3 is 2.40 bits per heavy atom. The van der Waals surface area contributed by atoms with Crippen molar-refractivity contribution in [1.29, 1.82) is 0 Å². The van der Waals surface area contributed by atoms with E-state index in [2.05, 4.69) is 9.97 Å². The third kappa shape index (κ3) is 2.23. The molecule has 1 aromatic heterocycles. The van der Waals surface area contributed by atoms with E-state index in [1.54, 1.807) is 0 Å². The molecule has 15 heavy (non-hydrogen) atoms. The molecule has 0 aromatic carbocycles. The Hall–Kier alpha value is -1.24. The molecule has 0 aliphatic rings. The van der Waals surface area contributed by atoms with E-state index in [-0.39, 0.29) is 6.61 Å². The second-order valence-electron chi connectivity index (χ2n) is 2.77. The van der Waals surface area contributed by atoms with Crippen molar-refractivity contribution < 1.29 is 19.3 Å². The Labute approximate surface area is 87.8 Å². The van der Waals surface area contributed by atoms with Crippen LogP contribution in [0.1, 0.15) is 5.69 Å². The fraction of sp³-hybridized carbons (Fsp3) is 0.556. The molecule has 6 heteroatoms. The van der Waals surface area contributed by atoms with Gasteiger partial charge < -0.3 is 19.3 Å². The number of rotatable bonds is 5. The summed E-state index contributed by atoms with van der Waals surface area (Å²) in [7, 11) is 4.32. The van der Waals surface area contributed by atoms with Crippen LogP contribution >= 0.6 is 0 Å². The third-order valence-corrected chi connectivity index (χ3v) is 2.08. The van der Waals surface area contributed by atoms with Crippen molar-refractivity contribution in [3.8, 4) is 5.88 Å². The van der Waals surface area contributed by atoms with E-state index in [0.717, 1.165) is 0 Å². The first-order valence-electron chi connectivity index (χ1n) is 4.30. The van der Waals surface area contributed by atoms with Crippen molar-refractivity contribution in [3.63, 3.8) is 0 Å². The number of aliphatic hydroxyl groups excluding tert-OH is 1. The smallest absolute Gasteiger partial charge is 0.237 e. The van der Waals surface area contributed by atoms with Gasteiger partial charge in [-0.05, 0) is 0 Å². The lowest BCUT2D eigenvalue weighted by Gasteiger charge is -2.27. The first kappa shape index (κ1) is 11.8. The van der Waals surface area contributed by atoms with E-state index in [4.69, 9.17) is 14.2 Å². The number of nitrogens with zero attached hydrogens (tertiary/aromatic N) is 2. The lowest BCUT2D eigenvalue weighted by molar-refractivity contribution is -0.238. The van der Waals surface area contributed by atoms with Crippen molar-refractivity contribution in [2.45, 2.75) is 5.79 Å². The number of hydrogen-bond donors (Lipinski definition) is 1. The maximum absolute atomic E-state index is 9.23. The van der Waals surface area contributed by atoms with Crippen LogP contribution in [0.5, 0.6) is 5.88 Å². The molecule has 0 atom stereocenters. The molecule has 0 amide bonds. The second-order valence-corrected chi connectivity index (χ2v) is 2.77. The Bertz CT molecular complexity index is 306. The second kappa shape index (κ2) is 5.01. The van der Waals surface area contributed by atoms with E-state index in [9.17, 15) is 5.11 Å². The van der Waals surface area contributed by atoms with Gasteiger partial charge in [0, 0.05) is 14.2 Å². The Balaban J connectivity index is 3.10. The molecule has 0 spiro atoms. The fourth-order valence-electron chi connectivity index (χ4n) is 1.13. The zero-order valence-corrected chi connectivity index (χ0v) is 8.93. The van der Waals surface area contributed by atoms with Crippen molar-refractivity contribution in [2.75, 3.05) is 27.9 Å². The summed E-state index contributed by atoms with van der Waals surface area (Å²) in [5.41, 5.74) is 0.356. The molecule has 84 valence electrons. The minimum atomic E-state index is -1.29. The van der Waals surface area contributed by atoms with Crippen LogP contribution in [-0.4, -0.2) is 43.0 Å². The summed E-state index contributed by atoms with van der Waals surface area (Å²) in [6, 6.07) is 0. The Morgan fingerprint density at radius 1 is 1.27 bits per heavy atom. The van der Waals surface area contributed by atoms with Crippen LogP contribution in [0.3, 0.4) is 0 Å². The van der Waals surface area contributed by atoms with Crippen molar-refractivity contribution in [3.05, 3.63) is 18.1 Å². The van der Waals surface area contributed by atoms with Gasteiger partial charge in [0.25, 0.3) is 0 Å². The summed E-state index contributed by atoms with van der Waals surface area (Å²) in [6.07, 6.45) is 2.91. The third-order valence-electron chi connectivity index (χ3n) is 2.08. The molecule has 1 aromatic rings. The molecule has 0 fully saturated rings. The van der Waals surface area contributed by atoms with Gasteiger partial charge in [-0.1, -0.05) is 0 Å². The van der Waals surface area contributed by atoms with Gasteiger partial charge in [-0.3, -0.25) is 4.98 Å². The number of aliphatic hydroxyl groups is 1. The van der Waals surface area contributed by atoms with E-state index in [1.807, 2.05) is 0 Å². The monoisotopic (exact) mass is 214 g/mol. The SMILES string of the molecule is COc1cncc(C(CO)(OC)OC)n1. The zero-order valence-electron chi connectivity index (χ0n) is 8.93. The fourth-order valence-corrected chi connectivity index (χ4v) is 1.13. The number of ether oxygens (including phenoxy) is 3. The van der Waals surface area contributed by atoms with Gasteiger partial charge in [-0.15, -0.1) is 0 Å². The topological polar surface area (TPSA) is 73.7 Å². The highest BCUT2D eigenvalue weighted by molar-refractivity contribution is 5.12. The summed E-state index contributed by atoms with van der Waals surface area (Å²) < 4.78 is 15.1. The first-order chi connectivity index (χ1) is 7.22. The van der Waals surface area contributed by atoms with Gasteiger partial charge in [0.15, 0.2) is 0 Å². The van der Waals surface area contributed by atoms with Gasteiger partial charge >= 0.3 is 0 Å². The minimum absolute atomic E-state index is 0.333. The average molecular weight is 214 g/mol. The summed E-state index contributed by atoms with van der Waals surface area (Å²) in [5.74, 6) is -0.957. The molecular formula is C9H14N2O4. The number of aromatic nitrogens is 2. The first-order valence-corrected chi connectivity index (χ1v) is 4.30. The highest BCUT2D eigenvalue weighted by Gasteiger charge is 2.33. The average Bonchev–Trinajstić information content (AvgIpc) is 2.32. The molecule has 0 saturated heterocycles. The van der Waals surface area contributed by atoms with Crippen LogP contribution in [0, 0.1) is 0 Å². The quantitative estimate of drug-likeness (QED) is 0.691. The maximum atomic E-state index is 9.23. The zero-order chi connectivity index (χ0) is 11.3. The largest absolute Gasteiger partial charge is 0.480 e. The van der Waals surface area contributed by atoms with Gasteiger partial charge in [0.2, 0.25) is 11.7 Å². The normalized spacial score (nSPS) is 11.5. The Kier molecular flexibility index (Phi) is 3.96. The predicted octanol–water partition coefficient (Wildman–Crippen LogP) is -0.0769. The molecule has 0 bridgehead atoms. The van der Waals surface area contributed by atoms with Crippen molar-refractivity contribution in [2.24, 2.45) is 0 Å². The van der Waals surface area contributed by atoms with Crippen LogP contribution in [0.4, 0.5) is 0 Å². The molecule has 1 rings (SSSR count). The summed E-state index contributed by atoms with van der Waals surface area (Å²) in [5, 5.41) is 9.23. The van der Waals surface area contributed by atoms with Crippen LogP contribution < -0.4 is 4.74 Å². The molecule has 1 N–H and O–H groups in total. The van der Waals surface area contributed by atoms with E-state index >= 15 is 0 Å². The van der Waals surface area contributed by atoms with Crippen LogP contribution in [0.25, 0.3) is 0 Å².